The molecule has 2 fully saturated rings. The lowest BCUT2D eigenvalue weighted by Gasteiger charge is -2.36. The summed E-state index contributed by atoms with van der Waals surface area (Å²) in [5, 5.41) is 0. The Hall–Kier alpha value is -1.60. The summed E-state index contributed by atoms with van der Waals surface area (Å²) in [4.78, 5) is 16.6. The molecule has 7 heteroatoms. The number of fused-ring (bicyclic) bond motifs is 2. The molecule has 2 N–H and O–H groups in total. The Morgan fingerprint density at radius 2 is 1.88 bits per heavy atom. The SMILES string of the molecule is CC(C)C(=O)N1C[C@@H]2C[C@H]1CN2c1ccc(CS(=O)(=O)CCN)cc1. The maximum absolute atomic E-state index is 12.3. The minimum Gasteiger partial charge on any atom is -0.365 e. The molecule has 0 aromatic heterocycles. The van der Waals surface area contributed by atoms with E-state index in [9.17, 15) is 13.2 Å². The van der Waals surface area contributed by atoms with Crippen molar-refractivity contribution in [3.8, 4) is 0 Å². The molecule has 25 heavy (non-hydrogen) atoms. The van der Waals surface area contributed by atoms with Gasteiger partial charge in [0.2, 0.25) is 5.91 Å². The van der Waals surface area contributed by atoms with Gasteiger partial charge in [-0.05, 0) is 24.1 Å². The monoisotopic (exact) mass is 365 g/mol. The van der Waals surface area contributed by atoms with E-state index in [2.05, 4.69) is 4.90 Å². The number of piperazine rings is 1. The van der Waals surface area contributed by atoms with Gasteiger partial charge in [0.15, 0.2) is 9.84 Å². The van der Waals surface area contributed by atoms with Crippen molar-refractivity contribution < 1.29 is 13.2 Å². The fraction of sp³-hybridized carbons (Fsp3) is 0.611. The third-order valence-corrected chi connectivity index (χ3v) is 6.73. The molecule has 1 aromatic rings. The van der Waals surface area contributed by atoms with E-state index in [0.717, 1.165) is 30.8 Å². The lowest BCUT2D eigenvalue weighted by Crippen LogP contribution is -2.50. The molecule has 2 heterocycles. The zero-order chi connectivity index (χ0) is 18.2. The average molecular weight is 365 g/mol. The molecular formula is C18H27N3O3S. The van der Waals surface area contributed by atoms with Crippen LogP contribution >= 0.6 is 0 Å². The summed E-state index contributed by atoms with van der Waals surface area (Å²) in [6, 6.07) is 8.40. The molecule has 0 aliphatic carbocycles. The van der Waals surface area contributed by atoms with Crippen LogP contribution in [0.1, 0.15) is 25.8 Å². The molecule has 3 rings (SSSR count). The third kappa shape index (κ3) is 3.82. The number of hydrogen-bond donors (Lipinski definition) is 1. The zero-order valence-corrected chi connectivity index (χ0v) is 15.7. The summed E-state index contributed by atoms with van der Waals surface area (Å²) in [6.45, 7) is 5.69. The van der Waals surface area contributed by atoms with E-state index in [1.54, 1.807) is 0 Å². The number of nitrogens with two attached hydrogens (primary N) is 1. The highest BCUT2D eigenvalue weighted by Gasteiger charge is 2.45. The van der Waals surface area contributed by atoms with Gasteiger partial charge in [-0.1, -0.05) is 26.0 Å². The van der Waals surface area contributed by atoms with Crippen LogP contribution in [0, 0.1) is 5.92 Å². The predicted molar refractivity (Wildman–Crippen MR) is 99.1 cm³/mol. The molecule has 138 valence electrons. The van der Waals surface area contributed by atoms with E-state index in [-0.39, 0.29) is 29.9 Å². The van der Waals surface area contributed by atoms with Crippen molar-refractivity contribution >= 4 is 21.4 Å². The minimum absolute atomic E-state index is 0.0182. The van der Waals surface area contributed by atoms with Crippen LogP contribution in [0.4, 0.5) is 5.69 Å². The molecule has 0 unspecified atom stereocenters. The molecule has 2 aliphatic rings. The Bertz CT molecular complexity index is 730. The van der Waals surface area contributed by atoms with Crippen LogP contribution in [0.3, 0.4) is 0 Å². The number of sulfone groups is 1. The molecule has 2 bridgehead atoms. The maximum Gasteiger partial charge on any atom is 0.225 e. The van der Waals surface area contributed by atoms with Crippen LogP contribution in [-0.2, 0) is 20.4 Å². The van der Waals surface area contributed by atoms with E-state index in [0.29, 0.717) is 12.1 Å². The van der Waals surface area contributed by atoms with Crippen LogP contribution in [0.5, 0.6) is 0 Å². The van der Waals surface area contributed by atoms with Crippen molar-refractivity contribution in [2.24, 2.45) is 11.7 Å². The molecule has 0 saturated carbocycles. The average Bonchev–Trinajstić information content (AvgIpc) is 3.14. The number of nitrogens with zero attached hydrogens (tertiary/aromatic N) is 2. The zero-order valence-electron chi connectivity index (χ0n) is 14.9. The highest BCUT2D eigenvalue weighted by molar-refractivity contribution is 7.90. The van der Waals surface area contributed by atoms with Crippen LogP contribution in [-0.4, -0.2) is 56.7 Å². The Morgan fingerprint density at radius 3 is 2.40 bits per heavy atom. The van der Waals surface area contributed by atoms with Crippen LogP contribution in [0.2, 0.25) is 0 Å². The molecule has 1 aromatic carbocycles. The van der Waals surface area contributed by atoms with Gasteiger partial charge in [-0.2, -0.15) is 0 Å². The lowest BCUT2D eigenvalue weighted by molar-refractivity contribution is -0.135. The molecule has 6 nitrogen and oxygen atoms in total. The van der Waals surface area contributed by atoms with E-state index in [1.807, 2.05) is 43.0 Å². The van der Waals surface area contributed by atoms with E-state index < -0.39 is 9.84 Å². The second-order valence-electron chi connectivity index (χ2n) is 7.39. The molecule has 2 aliphatic heterocycles. The van der Waals surface area contributed by atoms with Gasteiger partial charge in [-0.25, -0.2) is 8.42 Å². The van der Waals surface area contributed by atoms with Crippen molar-refractivity contribution in [2.75, 3.05) is 30.3 Å². The molecule has 0 spiro atoms. The summed E-state index contributed by atoms with van der Waals surface area (Å²) in [6.07, 6.45) is 1.02. The number of hydrogen-bond acceptors (Lipinski definition) is 5. The molecule has 2 atom stereocenters. The predicted octanol–water partition coefficient (Wildman–Crippen LogP) is 1.01. The van der Waals surface area contributed by atoms with Crippen LogP contribution < -0.4 is 10.6 Å². The van der Waals surface area contributed by atoms with Gasteiger partial charge in [0, 0.05) is 37.3 Å². The Balaban J connectivity index is 1.65. The van der Waals surface area contributed by atoms with Crippen molar-refractivity contribution in [1.82, 2.24) is 4.90 Å². The highest BCUT2D eigenvalue weighted by atomic mass is 32.2. The topological polar surface area (TPSA) is 83.7 Å². The third-order valence-electron chi connectivity index (χ3n) is 5.10. The van der Waals surface area contributed by atoms with Gasteiger partial charge in [-0.3, -0.25) is 4.79 Å². The standard InChI is InChI=1S/C18H27N3O3S/c1-13(2)18(22)21-11-16-9-17(21)10-20(16)15-5-3-14(4-6-15)12-25(23,24)8-7-19/h3-6,13,16-17H,7-12,19H2,1-2H3/t16-,17-/m0/s1. The molecule has 2 saturated heterocycles. The second-order valence-corrected chi connectivity index (χ2v) is 9.57. The van der Waals surface area contributed by atoms with Crippen molar-refractivity contribution in [2.45, 2.75) is 38.1 Å². The molecule has 0 radical (unpaired) electrons. The van der Waals surface area contributed by atoms with Gasteiger partial charge in [0.25, 0.3) is 0 Å². The summed E-state index contributed by atoms with van der Waals surface area (Å²) in [5.41, 5.74) is 7.24. The van der Waals surface area contributed by atoms with Crippen LogP contribution in [0.25, 0.3) is 0 Å². The van der Waals surface area contributed by atoms with Gasteiger partial charge in [0.05, 0.1) is 17.5 Å². The van der Waals surface area contributed by atoms with Gasteiger partial charge in [-0.15, -0.1) is 0 Å². The Labute approximate surface area is 149 Å². The van der Waals surface area contributed by atoms with Crippen molar-refractivity contribution in [3.63, 3.8) is 0 Å². The van der Waals surface area contributed by atoms with Gasteiger partial charge in [0.1, 0.15) is 0 Å². The number of carbonyl (C=O) groups excluding carboxylic acids is 1. The highest BCUT2D eigenvalue weighted by Crippen LogP contribution is 2.35. The summed E-state index contributed by atoms with van der Waals surface area (Å²) >= 11 is 0. The second kappa shape index (κ2) is 6.96. The van der Waals surface area contributed by atoms with Crippen molar-refractivity contribution in [1.29, 1.82) is 0 Å². The smallest absolute Gasteiger partial charge is 0.225 e. The molecular weight excluding hydrogens is 338 g/mol. The Kier molecular flexibility index (Phi) is 5.06. The number of carbonyl (C=O) groups is 1. The lowest BCUT2D eigenvalue weighted by atomic mass is 10.1. The first-order valence-electron chi connectivity index (χ1n) is 8.87. The van der Waals surface area contributed by atoms with Gasteiger partial charge < -0.3 is 15.5 Å². The fourth-order valence-corrected chi connectivity index (χ4v) is 5.08. The van der Waals surface area contributed by atoms with Crippen LogP contribution in [0.15, 0.2) is 24.3 Å². The number of rotatable bonds is 6. The number of anilines is 1. The normalized spacial score (nSPS) is 22.9. The summed E-state index contributed by atoms with van der Waals surface area (Å²) in [7, 11) is -3.13. The first-order valence-corrected chi connectivity index (χ1v) is 10.7. The Morgan fingerprint density at radius 1 is 1.20 bits per heavy atom. The molecule has 1 amide bonds. The number of amides is 1. The van der Waals surface area contributed by atoms with E-state index in [1.165, 1.54) is 0 Å². The van der Waals surface area contributed by atoms with E-state index >= 15 is 0 Å². The van der Waals surface area contributed by atoms with E-state index in [4.69, 9.17) is 5.73 Å². The fourth-order valence-electron chi connectivity index (χ4n) is 3.87. The largest absolute Gasteiger partial charge is 0.365 e. The first kappa shape index (κ1) is 18.2. The summed E-state index contributed by atoms with van der Waals surface area (Å²) in [5.74, 6) is 0.340. The first-order chi connectivity index (χ1) is 11.8. The van der Waals surface area contributed by atoms with Crippen molar-refractivity contribution in [3.05, 3.63) is 29.8 Å². The number of likely N-dealkylation sites (tertiary alicyclic amines) is 1. The summed E-state index contributed by atoms with van der Waals surface area (Å²) < 4.78 is 23.7. The number of benzene rings is 1. The maximum atomic E-state index is 12.3. The quantitative estimate of drug-likeness (QED) is 0.813. The van der Waals surface area contributed by atoms with Gasteiger partial charge >= 0.3 is 0 Å². The minimum atomic E-state index is -3.13.